The van der Waals surface area contributed by atoms with Gasteiger partial charge in [-0.3, -0.25) is 0 Å². The van der Waals surface area contributed by atoms with E-state index >= 15 is 0 Å². The summed E-state index contributed by atoms with van der Waals surface area (Å²) in [6, 6.07) is 0.279. The second-order valence-electron chi connectivity index (χ2n) is 4.05. The number of rotatable bonds is 8. The van der Waals surface area contributed by atoms with Crippen LogP contribution in [-0.4, -0.2) is 24.3 Å². The van der Waals surface area contributed by atoms with E-state index in [-0.39, 0.29) is 12.6 Å². The maximum absolute atomic E-state index is 9.04. The molecular weight excluding hydrogens is 162 g/mol. The highest BCUT2D eigenvalue weighted by Gasteiger charge is 2.09. The zero-order chi connectivity index (χ0) is 10.1. The summed E-state index contributed by atoms with van der Waals surface area (Å²) in [6.07, 6.45) is 5.15. The van der Waals surface area contributed by atoms with Gasteiger partial charge in [-0.1, -0.05) is 40.0 Å². The number of unbranched alkanes of at least 4 members (excludes halogenated alkanes) is 3. The summed E-state index contributed by atoms with van der Waals surface area (Å²) in [6.45, 7) is 7.80. The predicted octanol–water partition coefficient (Wildman–Crippen LogP) is 2.17. The van der Waals surface area contributed by atoms with E-state index in [1.165, 1.54) is 25.7 Å². The molecule has 0 fully saturated rings. The van der Waals surface area contributed by atoms with E-state index < -0.39 is 0 Å². The Morgan fingerprint density at radius 2 is 1.85 bits per heavy atom. The van der Waals surface area contributed by atoms with E-state index in [4.69, 9.17) is 5.11 Å². The van der Waals surface area contributed by atoms with Crippen LogP contribution in [-0.2, 0) is 0 Å². The van der Waals surface area contributed by atoms with Crippen molar-refractivity contribution in [2.24, 2.45) is 5.92 Å². The third-order valence-electron chi connectivity index (χ3n) is 2.44. The van der Waals surface area contributed by atoms with E-state index in [9.17, 15) is 0 Å². The molecule has 0 spiro atoms. The predicted molar refractivity (Wildman–Crippen MR) is 57.9 cm³/mol. The van der Waals surface area contributed by atoms with Gasteiger partial charge in [-0.05, 0) is 18.9 Å². The first-order valence-electron chi connectivity index (χ1n) is 5.56. The van der Waals surface area contributed by atoms with Crippen LogP contribution in [0.25, 0.3) is 0 Å². The molecule has 2 nitrogen and oxygen atoms in total. The van der Waals surface area contributed by atoms with Gasteiger partial charge in [0.05, 0.1) is 6.61 Å². The lowest BCUT2D eigenvalue weighted by molar-refractivity contribution is 0.210. The van der Waals surface area contributed by atoms with Gasteiger partial charge < -0.3 is 10.4 Å². The van der Waals surface area contributed by atoms with Gasteiger partial charge in [0.25, 0.3) is 0 Å². The van der Waals surface area contributed by atoms with Gasteiger partial charge in [-0.2, -0.15) is 0 Å². The zero-order valence-corrected chi connectivity index (χ0v) is 9.34. The molecule has 0 radical (unpaired) electrons. The molecule has 0 saturated heterocycles. The average molecular weight is 187 g/mol. The highest BCUT2D eigenvalue weighted by atomic mass is 16.3. The van der Waals surface area contributed by atoms with Crippen LogP contribution in [0, 0.1) is 5.92 Å². The van der Waals surface area contributed by atoms with Crippen LogP contribution in [0.5, 0.6) is 0 Å². The van der Waals surface area contributed by atoms with E-state index in [2.05, 4.69) is 26.1 Å². The van der Waals surface area contributed by atoms with Gasteiger partial charge in [0.1, 0.15) is 0 Å². The van der Waals surface area contributed by atoms with Gasteiger partial charge in [-0.25, -0.2) is 0 Å². The number of hydrogen-bond acceptors (Lipinski definition) is 2. The number of hydrogen-bond donors (Lipinski definition) is 2. The quantitative estimate of drug-likeness (QED) is 0.571. The first-order chi connectivity index (χ1) is 6.22. The smallest absolute Gasteiger partial charge is 0.0587 e. The Morgan fingerprint density at radius 3 is 2.31 bits per heavy atom. The van der Waals surface area contributed by atoms with Crippen molar-refractivity contribution in [1.82, 2.24) is 5.32 Å². The second-order valence-corrected chi connectivity index (χ2v) is 4.05. The monoisotopic (exact) mass is 187 g/mol. The molecule has 0 saturated carbocycles. The average Bonchev–Trinajstić information content (AvgIpc) is 2.10. The lowest BCUT2D eigenvalue weighted by atomic mass is 10.1. The Morgan fingerprint density at radius 1 is 1.15 bits per heavy atom. The molecule has 0 aliphatic heterocycles. The fourth-order valence-electron chi connectivity index (χ4n) is 1.35. The van der Waals surface area contributed by atoms with E-state index in [1.807, 2.05) is 0 Å². The summed E-state index contributed by atoms with van der Waals surface area (Å²) in [4.78, 5) is 0. The molecule has 0 aliphatic carbocycles. The Labute approximate surface area is 82.7 Å². The Balaban J connectivity index is 3.28. The van der Waals surface area contributed by atoms with Crippen LogP contribution in [0.15, 0.2) is 0 Å². The standard InChI is InChI=1S/C11H25NO/c1-4-5-6-7-8-12-11(9-13)10(2)3/h10-13H,4-9H2,1-3H3. The Hall–Kier alpha value is -0.0800. The molecule has 2 heteroatoms. The highest BCUT2D eigenvalue weighted by molar-refractivity contribution is 4.68. The van der Waals surface area contributed by atoms with Crippen molar-refractivity contribution in [2.45, 2.75) is 52.5 Å². The Kier molecular flexibility index (Phi) is 8.46. The fourth-order valence-corrected chi connectivity index (χ4v) is 1.35. The van der Waals surface area contributed by atoms with Crippen molar-refractivity contribution in [1.29, 1.82) is 0 Å². The minimum atomic E-state index is 0.255. The first kappa shape index (κ1) is 12.9. The Bertz CT molecular complexity index is 104. The van der Waals surface area contributed by atoms with Crippen molar-refractivity contribution in [3.63, 3.8) is 0 Å². The largest absolute Gasteiger partial charge is 0.395 e. The molecule has 1 atom stereocenters. The molecule has 0 aliphatic rings. The normalized spacial score (nSPS) is 13.6. The second kappa shape index (κ2) is 8.52. The third kappa shape index (κ3) is 7.03. The molecule has 80 valence electrons. The summed E-state index contributed by atoms with van der Waals surface area (Å²) in [5.41, 5.74) is 0. The minimum Gasteiger partial charge on any atom is -0.395 e. The molecule has 1 unspecified atom stereocenters. The van der Waals surface area contributed by atoms with Crippen LogP contribution < -0.4 is 5.32 Å². The van der Waals surface area contributed by atoms with Gasteiger partial charge in [-0.15, -0.1) is 0 Å². The number of aliphatic hydroxyl groups excluding tert-OH is 1. The van der Waals surface area contributed by atoms with Gasteiger partial charge in [0, 0.05) is 6.04 Å². The lowest BCUT2D eigenvalue weighted by Gasteiger charge is -2.19. The summed E-state index contributed by atoms with van der Waals surface area (Å²) in [5.74, 6) is 0.524. The minimum absolute atomic E-state index is 0.255. The van der Waals surface area contributed by atoms with Crippen LogP contribution >= 0.6 is 0 Å². The summed E-state index contributed by atoms with van der Waals surface area (Å²) < 4.78 is 0. The van der Waals surface area contributed by atoms with Crippen LogP contribution in [0.4, 0.5) is 0 Å². The molecule has 0 amide bonds. The molecule has 0 rings (SSSR count). The third-order valence-corrected chi connectivity index (χ3v) is 2.44. The number of nitrogens with one attached hydrogen (secondary N) is 1. The maximum Gasteiger partial charge on any atom is 0.0587 e. The molecule has 0 aromatic carbocycles. The van der Waals surface area contributed by atoms with E-state index in [1.54, 1.807) is 0 Å². The number of aliphatic hydroxyl groups is 1. The van der Waals surface area contributed by atoms with Crippen molar-refractivity contribution in [3.05, 3.63) is 0 Å². The van der Waals surface area contributed by atoms with E-state index in [0.29, 0.717) is 5.92 Å². The highest BCUT2D eigenvalue weighted by Crippen LogP contribution is 2.02. The van der Waals surface area contributed by atoms with Crippen molar-refractivity contribution < 1.29 is 5.11 Å². The molecule has 2 N–H and O–H groups in total. The van der Waals surface area contributed by atoms with Crippen molar-refractivity contribution >= 4 is 0 Å². The van der Waals surface area contributed by atoms with Gasteiger partial charge in [0.2, 0.25) is 0 Å². The van der Waals surface area contributed by atoms with Crippen molar-refractivity contribution in [3.8, 4) is 0 Å². The van der Waals surface area contributed by atoms with Gasteiger partial charge in [0.15, 0.2) is 0 Å². The zero-order valence-electron chi connectivity index (χ0n) is 9.34. The van der Waals surface area contributed by atoms with Crippen LogP contribution in [0.1, 0.15) is 46.5 Å². The summed E-state index contributed by atoms with van der Waals surface area (Å²) in [5, 5.41) is 12.4. The van der Waals surface area contributed by atoms with E-state index in [0.717, 1.165) is 6.54 Å². The lowest BCUT2D eigenvalue weighted by Crippen LogP contribution is -2.37. The van der Waals surface area contributed by atoms with Crippen LogP contribution in [0.3, 0.4) is 0 Å². The molecular formula is C11H25NO. The van der Waals surface area contributed by atoms with Gasteiger partial charge >= 0.3 is 0 Å². The molecule has 0 aromatic heterocycles. The van der Waals surface area contributed by atoms with Crippen LogP contribution in [0.2, 0.25) is 0 Å². The van der Waals surface area contributed by atoms with Crippen molar-refractivity contribution in [2.75, 3.05) is 13.2 Å². The molecule has 0 bridgehead atoms. The molecule has 13 heavy (non-hydrogen) atoms. The maximum atomic E-state index is 9.04. The fraction of sp³-hybridized carbons (Fsp3) is 1.00. The SMILES string of the molecule is CCCCCCNC(CO)C(C)C. The molecule has 0 aromatic rings. The topological polar surface area (TPSA) is 32.3 Å². The summed E-state index contributed by atoms with van der Waals surface area (Å²) >= 11 is 0. The summed E-state index contributed by atoms with van der Waals surface area (Å²) in [7, 11) is 0. The molecule has 0 heterocycles. The first-order valence-corrected chi connectivity index (χ1v) is 5.56.